The minimum absolute atomic E-state index is 0.136. The monoisotopic (exact) mass is 274 g/mol. The molecule has 0 bridgehead atoms. The van der Waals surface area contributed by atoms with E-state index in [1.54, 1.807) is 0 Å². The largest absolute Gasteiger partial charge is 0.341 e. The first kappa shape index (κ1) is 16.4. The van der Waals surface area contributed by atoms with Crippen LogP contribution < -0.4 is 0 Å². The number of hydrogen-bond donors (Lipinski definition) is 0. The quantitative estimate of drug-likeness (QED) is 0.701. The smallest absolute Gasteiger partial charge is 0.247 e. The zero-order valence-electron chi connectivity index (χ0n) is 13.0. The van der Waals surface area contributed by atoms with Gasteiger partial charge in [-0.15, -0.1) is 0 Å². The number of aliphatic imine (C=N–C) groups is 1. The van der Waals surface area contributed by atoms with Crippen LogP contribution in [0.2, 0.25) is 0 Å². The first-order valence-corrected chi connectivity index (χ1v) is 7.50. The van der Waals surface area contributed by atoms with Crippen LogP contribution in [0.1, 0.15) is 39.7 Å². The Morgan fingerprint density at radius 3 is 2.30 bits per heavy atom. The van der Waals surface area contributed by atoms with Crippen LogP contribution in [0.25, 0.3) is 0 Å². The molecular formula is C17H26N2O. The zero-order valence-corrected chi connectivity index (χ0v) is 13.0. The average molecular weight is 274 g/mol. The molecule has 1 aromatic carbocycles. The van der Waals surface area contributed by atoms with Crippen LogP contribution in [0.15, 0.2) is 35.3 Å². The normalized spacial score (nSPS) is 14.2. The van der Waals surface area contributed by atoms with Crippen molar-refractivity contribution in [3.05, 3.63) is 35.9 Å². The highest BCUT2D eigenvalue weighted by Gasteiger charge is 2.26. The van der Waals surface area contributed by atoms with E-state index in [1.165, 1.54) is 0 Å². The predicted octanol–water partition coefficient (Wildman–Crippen LogP) is 3.39. The van der Waals surface area contributed by atoms with Crippen LogP contribution in [0, 0.1) is 5.92 Å². The Bertz CT molecular complexity index is 424. The Kier molecular flexibility index (Phi) is 6.99. The topological polar surface area (TPSA) is 32.7 Å². The minimum Gasteiger partial charge on any atom is -0.341 e. The molecule has 0 aromatic heterocycles. The fourth-order valence-electron chi connectivity index (χ4n) is 2.11. The lowest BCUT2D eigenvalue weighted by molar-refractivity contribution is -0.133. The summed E-state index contributed by atoms with van der Waals surface area (Å²) in [5.74, 6) is 0.389. The maximum atomic E-state index is 12.5. The molecule has 0 aliphatic carbocycles. The van der Waals surface area contributed by atoms with Crippen molar-refractivity contribution in [1.82, 2.24) is 4.90 Å². The van der Waals surface area contributed by atoms with E-state index >= 15 is 0 Å². The van der Waals surface area contributed by atoms with E-state index in [1.807, 2.05) is 55.3 Å². The van der Waals surface area contributed by atoms with E-state index in [0.29, 0.717) is 0 Å². The Labute approximate surface area is 122 Å². The average Bonchev–Trinajstić information content (AvgIpc) is 2.49. The predicted molar refractivity (Wildman–Crippen MR) is 85.2 cm³/mol. The second-order valence-electron chi connectivity index (χ2n) is 5.03. The summed E-state index contributed by atoms with van der Waals surface area (Å²) in [6.07, 6.45) is 2.77. The van der Waals surface area contributed by atoms with E-state index in [-0.39, 0.29) is 17.9 Å². The summed E-state index contributed by atoms with van der Waals surface area (Å²) in [6.45, 7) is 9.69. The fraction of sp³-hybridized carbons (Fsp3) is 0.529. The summed E-state index contributed by atoms with van der Waals surface area (Å²) in [6, 6.07) is 9.65. The molecule has 0 heterocycles. The molecule has 0 unspecified atom stereocenters. The van der Waals surface area contributed by atoms with E-state index in [2.05, 4.69) is 18.8 Å². The molecule has 0 N–H and O–H groups in total. The standard InChI is InChI=1S/C17H26N2O/c1-5-14(4)16(17(20)19(6-2)7-3)18-13-15-11-9-8-10-12-15/h8-14,16H,5-7H2,1-4H3/t14-,16-/m0/s1. The molecule has 0 fully saturated rings. The third-order valence-electron chi connectivity index (χ3n) is 3.69. The molecule has 0 aliphatic heterocycles. The highest BCUT2D eigenvalue weighted by molar-refractivity contribution is 5.86. The van der Waals surface area contributed by atoms with Crippen molar-refractivity contribution in [2.75, 3.05) is 13.1 Å². The van der Waals surface area contributed by atoms with Gasteiger partial charge < -0.3 is 4.90 Å². The molecule has 3 heteroatoms. The lowest BCUT2D eigenvalue weighted by Gasteiger charge is -2.26. The van der Waals surface area contributed by atoms with Crippen molar-refractivity contribution in [2.24, 2.45) is 10.9 Å². The molecule has 3 nitrogen and oxygen atoms in total. The summed E-state index contributed by atoms with van der Waals surface area (Å²) in [7, 11) is 0. The first-order chi connectivity index (χ1) is 9.63. The number of amides is 1. The fourth-order valence-corrected chi connectivity index (χ4v) is 2.11. The van der Waals surface area contributed by atoms with E-state index < -0.39 is 0 Å². The molecule has 0 spiro atoms. The Morgan fingerprint density at radius 1 is 1.20 bits per heavy atom. The van der Waals surface area contributed by atoms with Gasteiger partial charge in [0, 0.05) is 19.3 Å². The number of hydrogen-bond acceptors (Lipinski definition) is 2. The number of rotatable bonds is 7. The molecule has 0 saturated heterocycles. The summed E-state index contributed by atoms with van der Waals surface area (Å²) in [5, 5.41) is 0. The van der Waals surface area contributed by atoms with Gasteiger partial charge in [-0.1, -0.05) is 50.6 Å². The molecule has 2 atom stereocenters. The number of carbonyl (C=O) groups excluding carboxylic acids is 1. The SMILES string of the molecule is CC[C@H](C)[C@H](N=Cc1ccccc1)C(=O)N(CC)CC. The third kappa shape index (κ3) is 4.48. The zero-order chi connectivity index (χ0) is 15.0. The molecule has 1 amide bonds. The maximum absolute atomic E-state index is 12.5. The first-order valence-electron chi connectivity index (χ1n) is 7.50. The van der Waals surface area contributed by atoms with Gasteiger partial charge in [0.05, 0.1) is 0 Å². The Morgan fingerprint density at radius 2 is 1.80 bits per heavy atom. The van der Waals surface area contributed by atoms with Crippen molar-refractivity contribution < 1.29 is 4.79 Å². The van der Waals surface area contributed by atoms with E-state index in [0.717, 1.165) is 25.1 Å². The van der Waals surface area contributed by atoms with Crippen LogP contribution in [0.3, 0.4) is 0 Å². The molecule has 1 aromatic rings. The molecule has 110 valence electrons. The van der Waals surface area contributed by atoms with Crippen molar-refractivity contribution in [3.8, 4) is 0 Å². The molecule has 0 radical (unpaired) electrons. The maximum Gasteiger partial charge on any atom is 0.247 e. The number of nitrogens with zero attached hydrogens (tertiary/aromatic N) is 2. The highest BCUT2D eigenvalue weighted by Crippen LogP contribution is 2.15. The lowest BCUT2D eigenvalue weighted by Crippen LogP contribution is -2.41. The highest BCUT2D eigenvalue weighted by atomic mass is 16.2. The third-order valence-corrected chi connectivity index (χ3v) is 3.69. The Hall–Kier alpha value is -1.64. The van der Waals surface area contributed by atoms with Gasteiger partial charge in [-0.25, -0.2) is 0 Å². The number of likely N-dealkylation sites (N-methyl/N-ethyl adjacent to an activating group) is 1. The number of benzene rings is 1. The summed E-state index contributed by atoms with van der Waals surface area (Å²) in [4.78, 5) is 19.0. The van der Waals surface area contributed by atoms with Gasteiger partial charge in [0.15, 0.2) is 0 Å². The van der Waals surface area contributed by atoms with Gasteiger partial charge >= 0.3 is 0 Å². The van der Waals surface area contributed by atoms with Gasteiger partial charge in [-0.05, 0) is 25.3 Å². The summed E-state index contributed by atoms with van der Waals surface area (Å²) >= 11 is 0. The minimum atomic E-state index is -0.278. The van der Waals surface area contributed by atoms with Crippen LogP contribution in [0.4, 0.5) is 0 Å². The number of carbonyl (C=O) groups is 1. The molecule has 0 saturated carbocycles. The van der Waals surface area contributed by atoms with Crippen molar-refractivity contribution in [3.63, 3.8) is 0 Å². The molecule has 0 aliphatic rings. The van der Waals surface area contributed by atoms with Crippen LogP contribution in [0.5, 0.6) is 0 Å². The molecule has 1 rings (SSSR count). The second kappa shape index (κ2) is 8.51. The van der Waals surface area contributed by atoms with Crippen molar-refractivity contribution in [2.45, 2.75) is 40.2 Å². The van der Waals surface area contributed by atoms with E-state index in [9.17, 15) is 4.79 Å². The van der Waals surface area contributed by atoms with Gasteiger partial charge in [0.25, 0.3) is 0 Å². The van der Waals surface area contributed by atoms with E-state index in [4.69, 9.17) is 0 Å². The van der Waals surface area contributed by atoms with Crippen molar-refractivity contribution in [1.29, 1.82) is 0 Å². The molecule has 20 heavy (non-hydrogen) atoms. The second-order valence-corrected chi connectivity index (χ2v) is 5.03. The van der Waals surface area contributed by atoms with Gasteiger partial charge in [-0.2, -0.15) is 0 Å². The van der Waals surface area contributed by atoms with Crippen LogP contribution >= 0.6 is 0 Å². The van der Waals surface area contributed by atoms with Crippen LogP contribution in [-0.2, 0) is 4.79 Å². The Balaban J connectivity index is 2.90. The molecular weight excluding hydrogens is 248 g/mol. The summed E-state index contributed by atoms with van der Waals surface area (Å²) in [5.41, 5.74) is 1.04. The van der Waals surface area contributed by atoms with Gasteiger partial charge in [0.2, 0.25) is 5.91 Å². The van der Waals surface area contributed by atoms with Crippen LogP contribution in [-0.4, -0.2) is 36.2 Å². The summed E-state index contributed by atoms with van der Waals surface area (Å²) < 4.78 is 0. The van der Waals surface area contributed by atoms with Gasteiger partial charge in [-0.3, -0.25) is 9.79 Å². The van der Waals surface area contributed by atoms with Crippen molar-refractivity contribution >= 4 is 12.1 Å². The lowest BCUT2D eigenvalue weighted by atomic mass is 9.98. The van der Waals surface area contributed by atoms with Gasteiger partial charge in [0.1, 0.15) is 6.04 Å².